The Balaban J connectivity index is 1.49. The monoisotopic (exact) mass is 341 g/mol. The summed E-state index contributed by atoms with van der Waals surface area (Å²) < 4.78 is 46.8. The van der Waals surface area contributed by atoms with E-state index in [1.54, 1.807) is 6.07 Å². The van der Waals surface area contributed by atoms with Gasteiger partial charge in [-0.1, -0.05) is 23.4 Å². The van der Waals surface area contributed by atoms with Crippen molar-refractivity contribution in [3.63, 3.8) is 0 Å². The minimum atomic E-state index is -4.67. The lowest BCUT2D eigenvalue weighted by Crippen LogP contribution is -2.41. The van der Waals surface area contributed by atoms with Crippen LogP contribution in [0.5, 0.6) is 5.75 Å². The molecule has 1 aromatic heterocycles. The van der Waals surface area contributed by atoms with Gasteiger partial charge in [-0.25, -0.2) is 0 Å². The summed E-state index contributed by atoms with van der Waals surface area (Å²) in [4.78, 5) is 15.3. The number of hydrogen-bond donors (Lipinski definition) is 1. The first-order chi connectivity index (χ1) is 11.4. The van der Waals surface area contributed by atoms with Crippen LogP contribution in [0.25, 0.3) is 0 Å². The maximum atomic E-state index is 12.3. The Morgan fingerprint density at radius 3 is 2.88 bits per heavy atom. The molecule has 1 amide bonds. The molecule has 1 aromatic carbocycles. The Hall–Kier alpha value is -2.58. The molecule has 3 rings (SSSR count). The van der Waals surface area contributed by atoms with Crippen molar-refractivity contribution in [2.24, 2.45) is 0 Å². The fraction of sp³-hybridized carbons (Fsp3) is 0.400. The topological polar surface area (TPSA) is 77.3 Å². The summed E-state index contributed by atoms with van der Waals surface area (Å²) in [5.74, 6) is -1.14. The van der Waals surface area contributed by atoms with Gasteiger partial charge in [-0.3, -0.25) is 4.79 Å². The molecule has 0 radical (unpaired) electrons. The average molecular weight is 341 g/mol. The molecule has 0 saturated carbocycles. The summed E-state index contributed by atoms with van der Waals surface area (Å²) >= 11 is 0. The Morgan fingerprint density at radius 1 is 1.33 bits per heavy atom. The van der Waals surface area contributed by atoms with Crippen molar-refractivity contribution in [3.8, 4) is 5.75 Å². The van der Waals surface area contributed by atoms with Crippen LogP contribution < -0.4 is 10.1 Å². The molecule has 9 heteroatoms. The predicted octanol–water partition coefficient (Wildman–Crippen LogP) is 2.14. The van der Waals surface area contributed by atoms with Gasteiger partial charge in [0.1, 0.15) is 5.75 Å². The summed E-state index contributed by atoms with van der Waals surface area (Å²) in [5, 5.41) is 5.85. The highest BCUT2D eigenvalue weighted by atomic mass is 19.4. The number of nitrogens with one attached hydrogen (secondary N) is 1. The number of amides is 1. The van der Waals surface area contributed by atoms with Crippen LogP contribution in [0.3, 0.4) is 0 Å². The molecule has 1 atom stereocenters. The number of halogens is 3. The minimum absolute atomic E-state index is 0.0363. The minimum Gasteiger partial charge on any atom is -0.480 e. The number of rotatable bonds is 4. The normalized spacial score (nSPS) is 17.0. The van der Waals surface area contributed by atoms with E-state index in [0.717, 1.165) is 12.0 Å². The molecule has 0 fully saturated rings. The van der Waals surface area contributed by atoms with Crippen LogP contribution >= 0.6 is 0 Å². The van der Waals surface area contributed by atoms with Gasteiger partial charge >= 0.3 is 12.1 Å². The number of nitrogens with zero attached hydrogens (tertiary/aromatic N) is 2. The van der Waals surface area contributed by atoms with E-state index >= 15 is 0 Å². The summed E-state index contributed by atoms with van der Waals surface area (Å²) in [5.41, 5.74) is 1.05. The van der Waals surface area contributed by atoms with Crippen LogP contribution in [0, 0.1) is 0 Å². The molecule has 0 saturated heterocycles. The number of ether oxygens (including phenoxy) is 1. The average Bonchev–Trinajstić information content (AvgIpc) is 3.03. The highest BCUT2D eigenvalue weighted by Gasteiger charge is 2.38. The van der Waals surface area contributed by atoms with Gasteiger partial charge in [0.25, 0.3) is 5.91 Å². The second-order valence-corrected chi connectivity index (χ2v) is 5.31. The Morgan fingerprint density at radius 2 is 2.12 bits per heavy atom. The first kappa shape index (κ1) is 16.3. The van der Waals surface area contributed by atoms with Gasteiger partial charge in [0.2, 0.25) is 0 Å². The van der Waals surface area contributed by atoms with Crippen LogP contribution in [-0.4, -0.2) is 28.7 Å². The predicted molar refractivity (Wildman–Crippen MR) is 75.2 cm³/mol. The maximum absolute atomic E-state index is 12.3. The van der Waals surface area contributed by atoms with E-state index < -0.39 is 18.2 Å². The van der Waals surface area contributed by atoms with Crippen molar-refractivity contribution < 1.29 is 27.2 Å². The molecule has 6 nitrogen and oxygen atoms in total. The number of benzene rings is 1. The lowest BCUT2D eigenvalue weighted by Gasteiger charge is -2.25. The van der Waals surface area contributed by atoms with E-state index in [2.05, 4.69) is 20.0 Å². The summed E-state index contributed by atoms with van der Waals surface area (Å²) in [6, 6.07) is 7.47. The largest absolute Gasteiger partial charge is 0.480 e. The lowest BCUT2D eigenvalue weighted by atomic mass is 10.0. The summed E-state index contributed by atoms with van der Waals surface area (Å²) in [6.07, 6.45) is -3.97. The molecule has 0 spiro atoms. The molecule has 1 aliphatic rings. The Labute approximate surface area is 135 Å². The van der Waals surface area contributed by atoms with Crippen molar-refractivity contribution in [1.82, 2.24) is 15.5 Å². The molecule has 0 bridgehead atoms. The van der Waals surface area contributed by atoms with E-state index in [-0.39, 0.29) is 24.7 Å². The molecule has 128 valence electrons. The number of aryl methyl sites for hydroxylation is 1. The van der Waals surface area contributed by atoms with Crippen molar-refractivity contribution in [1.29, 1.82) is 0 Å². The standard InChI is InChI=1S/C15H14F3N3O3/c16-15(17,18)14-20-12(21-24-14)7-8-19-13(22)11-6-5-9-3-1-2-4-10(9)23-11/h1-4,11H,5-8H2,(H,19,22). The fourth-order valence-electron chi connectivity index (χ4n) is 2.39. The molecule has 2 heterocycles. The third kappa shape index (κ3) is 3.66. The van der Waals surface area contributed by atoms with Gasteiger partial charge in [-0.2, -0.15) is 18.2 Å². The molecule has 24 heavy (non-hydrogen) atoms. The highest BCUT2D eigenvalue weighted by molar-refractivity contribution is 5.81. The number of carbonyl (C=O) groups is 1. The van der Waals surface area contributed by atoms with Crippen LogP contribution in [-0.2, 0) is 23.8 Å². The molecule has 2 aromatic rings. The van der Waals surface area contributed by atoms with Crippen LogP contribution in [0.4, 0.5) is 13.2 Å². The second kappa shape index (κ2) is 6.50. The molecular formula is C15H14F3N3O3. The van der Waals surface area contributed by atoms with Gasteiger partial charge in [0, 0.05) is 13.0 Å². The first-order valence-corrected chi connectivity index (χ1v) is 7.35. The molecule has 1 unspecified atom stereocenters. The zero-order valence-electron chi connectivity index (χ0n) is 12.5. The van der Waals surface area contributed by atoms with E-state index in [1.165, 1.54) is 0 Å². The van der Waals surface area contributed by atoms with E-state index in [9.17, 15) is 18.0 Å². The first-order valence-electron chi connectivity index (χ1n) is 7.35. The third-order valence-electron chi connectivity index (χ3n) is 3.57. The number of para-hydroxylation sites is 1. The van der Waals surface area contributed by atoms with E-state index in [4.69, 9.17) is 4.74 Å². The number of carbonyl (C=O) groups excluding carboxylic acids is 1. The number of hydrogen-bond acceptors (Lipinski definition) is 5. The van der Waals surface area contributed by atoms with Gasteiger partial charge in [-0.15, -0.1) is 0 Å². The molecule has 0 aliphatic carbocycles. The third-order valence-corrected chi connectivity index (χ3v) is 3.57. The highest BCUT2D eigenvalue weighted by Crippen LogP contribution is 2.28. The Kier molecular flexibility index (Phi) is 4.41. The molecule has 1 aliphatic heterocycles. The smallest absolute Gasteiger partial charge is 0.471 e. The SMILES string of the molecule is O=C(NCCc1noc(C(F)(F)F)n1)C1CCc2ccccc2O1. The van der Waals surface area contributed by atoms with Gasteiger partial charge in [0.15, 0.2) is 11.9 Å². The van der Waals surface area contributed by atoms with Crippen molar-refractivity contribution in [2.75, 3.05) is 6.54 Å². The van der Waals surface area contributed by atoms with Gasteiger partial charge in [-0.05, 0) is 24.5 Å². The Bertz CT molecular complexity index is 730. The second-order valence-electron chi connectivity index (χ2n) is 5.31. The van der Waals surface area contributed by atoms with Crippen molar-refractivity contribution >= 4 is 5.91 Å². The van der Waals surface area contributed by atoms with Crippen molar-refractivity contribution in [3.05, 3.63) is 41.5 Å². The summed E-state index contributed by atoms with van der Waals surface area (Å²) in [7, 11) is 0. The van der Waals surface area contributed by atoms with E-state index in [1.807, 2.05) is 18.2 Å². The number of alkyl halides is 3. The number of aromatic nitrogens is 2. The lowest BCUT2D eigenvalue weighted by molar-refractivity contribution is -0.159. The van der Waals surface area contributed by atoms with Gasteiger partial charge in [0.05, 0.1) is 0 Å². The fourth-order valence-corrected chi connectivity index (χ4v) is 2.39. The van der Waals surface area contributed by atoms with Crippen LogP contribution in [0.1, 0.15) is 23.7 Å². The quantitative estimate of drug-likeness (QED) is 0.922. The van der Waals surface area contributed by atoms with E-state index in [0.29, 0.717) is 12.2 Å². The molecule has 1 N–H and O–H groups in total. The van der Waals surface area contributed by atoms with Crippen molar-refractivity contribution in [2.45, 2.75) is 31.5 Å². The summed E-state index contributed by atoms with van der Waals surface area (Å²) in [6.45, 7) is 0.0944. The maximum Gasteiger partial charge on any atom is 0.471 e. The molecular weight excluding hydrogens is 327 g/mol. The zero-order valence-corrected chi connectivity index (χ0v) is 12.5. The van der Waals surface area contributed by atoms with Crippen LogP contribution in [0.15, 0.2) is 28.8 Å². The van der Waals surface area contributed by atoms with Crippen LogP contribution in [0.2, 0.25) is 0 Å². The van der Waals surface area contributed by atoms with Gasteiger partial charge < -0.3 is 14.6 Å². The number of fused-ring (bicyclic) bond motifs is 1. The zero-order chi connectivity index (χ0) is 17.2.